The molecule has 2 N–H and O–H groups in total. The van der Waals surface area contributed by atoms with E-state index in [9.17, 15) is 0 Å². The number of fused-ring (bicyclic) bond motifs is 2. The fraction of sp³-hybridized carbons (Fsp3) is 0.0625. The number of pyridine rings is 1. The van der Waals surface area contributed by atoms with Crippen molar-refractivity contribution in [2.24, 2.45) is 5.73 Å². The number of benzene rings is 2. The zero-order valence-electron chi connectivity index (χ0n) is 11.3. The maximum absolute atomic E-state index is 5.89. The van der Waals surface area contributed by atoms with Gasteiger partial charge in [-0.25, -0.2) is 4.98 Å². The van der Waals surface area contributed by atoms with E-state index < -0.39 is 0 Å². The quantitative estimate of drug-likeness (QED) is 0.610. The highest BCUT2D eigenvalue weighted by atomic mass is 15.4. The van der Waals surface area contributed by atoms with Crippen molar-refractivity contribution in [3.8, 4) is 5.82 Å². The van der Waals surface area contributed by atoms with Gasteiger partial charge in [-0.05, 0) is 24.3 Å². The van der Waals surface area contributed by atoms with Crippen molar-refractivity contribution in [3.63, 3.8) is 0 Å². The van der Waals surface area contributed by atoms with Gasteiger partial charge in [-0.3, -0.25) is 0 Å². The SMILES string of the molecule is NCc1cc2ccccc2nc1-n1nnc2ccccc21. The average molecular weight is 275 g/mol. The fourth-order valence-corrected chi connectivity index (χ4v) is 2.51. The second kappa shape index (κ2) is 4.64. The monoisotopic (exact) mass is 275 g/mol. The van der Waals surface area contributed by atoms with Crippen LogP contribution in [0.2, 0.25) is 0 Å². The van der Waals surface area contributed by atoms with Crippen molar-refractivity contribution in [1.82, 2.24) is 20.0 Å². The van der Waals surface area contributed by atoms with E-state index in [4.69, 9.17) is 10.7 Å². The summed E-state index contributed by atoms with van der Waals surface area (Å²) in [5, 5.41) is 9.49. The molecule has 0 aliphatic heterocycles. The van der Waals surface area contributed by atoms with E-state index in [1.807, 2.05) is 48.5 Å². The third-order valence-electron chi connectivity index (χ3n) is 3.55. The van der Waals surface area contributed by atoms with Crippen molar-refractivity contribution in [1.29, 1.82) is 0 Å². The maximum atomic E-state index is 5.89. The van der Waals surface area contributed by atoms with Crippen LogP contribution in [0.15, 0.2) is 54.6 Å². The van der Waals surface area contributed by atoms with Gasteiger partial charge in [0.15, 0.2) is 5.82 Å². The molecule has 2 aromatic heterocycles. The van der Waals surface area contributed by atoms with Crippen LogP contribution >= 0.6 is 0 Å². The van der Waals surface area contributed by atoms with Gasteiger partial charge >= 0.3 is 0 Å². The van der Waals surface area contributed by atoms with E-state index in [0.29, 0.717) is 6.54 Å². The Morgan fingerprint density at radius 3 is 2.57 bits per heavy atom. The molecular weight excluding hydrogens is 262 g/mol. The zero-order valence-corrected chi connectivity index (χ0v) is 11.3. The molecule has 4 rings (SSSR count). The highest BCUT2D eigenvalue weighted by Gasteiger charge is 2.12. The molecule has 5 nitrogen and oxygen atoms in total. The van der Waals surface area contributed by atoms with Crippen molar-refractivity contribution in [2.75, 3.05) is 0 Å². The van der Waals surface area contributed by atoms with Gasteiger partial charge in [0, 0.05) is 17.5 Å². The molecule has 0 fully saturated rings. The highest BCUT2D eigenvalue weighted by molar-refractivity contribution is 5.82. The van der Waals surface area contributed by atoms with E-state index in [2.05, 4.69) is 16.4 Å². The summed E-state index contributed by atoms with van der Waals surface area (Å²) in [5.41, 5.74) is 9.53. The first kappa shape index (κ1) is 12.0. The Kier molecular flexibility index (Phi) is 2.65. The van der Waals surface area contributed by atoms with Crippen LogP contribution in [0.5, 0.6) is 0 Å². The van der Waals surface area contributed by atoms with Gasteiger partial charge in [0.2, 0.25) is 0 Å². The Bertz CT molecular complexity index is 942. The van der Waals surface area contributed by atoms with Crippen molar-refractivity contribution >= 4 is 21.9 Å². The summed E-state index contributed by atoms with van der Waals surface area (Å²) in [5.74, 6) is 0.741. The summed E-state index contributed by atoms with van der Waals surface area (Å²) in [7, 11) is 0. The first-order valence-electron chi connectivity index (χ1n) is 6.76. The third kappa shape index (κ3) is 1.86. The average Bonchev–Trinajstić information content (AvgIpc) is 2.97. The summed E-state index contributed by atoms with van der Waals surface area (Å²) >= 11 is 0. The van der Waals surface area contributed by atoms with Crippen LogP contribution in [0.25, 0.3) is 27.8 Å². The molecule has 2 heterocycles. The Morgan fingerprint density at radius 2 is 1.71 bits per heavy atom. The molecule has 0 saturated carbocycles. The summed E-state index contributed by atoms with van der Waals surface area (Å²) in [6.07, 6.45) is 0. The van der Waals surface area contributed by atoms with Gasteiger partial charge in [-0.1, -0.05) is 35.5 Å². The summed E-state index contributed by atoms with van der Waals surface area (Å²) in [6, 6.07) is 17.9. The molecule has 0 aliphatic carbocycles. The Labute approximate surface area is 121 Å². The van der Waals surface area contributed by atoms with Gasteiger partial charge in [-0.15, -0.1) is 5.10 Å². The summed E-state index contributed by atoms with van der Waals surface area (Å²) in [6.45, 7) is 0.404. The van der Waals surface area contributed by atoms with E-state index in [-0.39, 0.29) is 0 Å². The van der Waals surface area contributed by atoms with Crippen molar-refractivity contribution in [2.45, 2.75) is 6.54 Å². The largest absolute Gasteiger partial charge is 0.326 e. The van der Waals surface area contributed by atoms with E-state index in [1.54, 1.807) is 4.68 Å². The highest BCUT2D eigenvalue weighted by Crippen LogP contribution is 2.22. The van der Waals surface area contributed by atoms with Crippen LogP contribution in [0.3, 0.4) is 0 Å². The van der Waals surface area contributed by atoms with Crippen LogP contribution in [0, 0.1) is 0 Å². The first-order valence-corrected chi connectivity index (χ1v) is 6.76. The van der Waals surface area contributed by atoms with E-state index >= 15 is 0 Å². The van der Waals surface area contributed by atoms with E-state index in [0.717, 1.165) is 33.3 Å². The number of hydrogen-bond acceptors (Lipinski definition) is 4. The molecule has 2 aromatic carbocycles. The molecule has 0 radical (unpaired) electrons. The predicted molar refractivity (Wildman–Crippen MR) is 82.1 cm³/mol. The normalized spacial score (nSPS) is 11.3. The van der Waals surface area contributed by atoms with E-state index in [1.165, 1.54) is 0 Å². The van der Waals surface area contributed by atoms with Gasteiger partial charge in [0.1, 0.15) is 5.52 Å². The summed E-state index contributed by atoms with van der Waals surface area (Å²) in [4.78, 5) is 4.72. The lowest BCUT2D eigenvalue weighted by Gasteiger charge is -2.09. The molecule has 0 atom stereocenters. The zero-order chi connectivity index (χ0) is 14.2. The minimum Gasteiger partial charge on any atom is -0.326 e. The lowest BCUT2D eigenvalue weighted by Crippen LogP contribution is -2.08. The minimum absolute atomic E-state index is 0.404. The number of rotatable bonds is 2. The fourth-order valence-electron chi connectivity index (χ4n) is 2.51. The second-order valence-electron chi connectivity index (χ2n) is 4.86. The number of nitrogens with zero attached hydrogens (tertiary/aromatic N) is 4. The standard InChI is InChI=1S/C16H13N5/c17-10-12-9-11-5-1-2-6-13(11)18-16(12)21-15-8-4-3-7-14(15)19-20-21/h1-9H,10,17H2. The molecule has 5 heteroatoms. The predicted octanol–water partition coefficient (Wildman–Crippen LogP) is 2.43. The lowest BCUT2D eigenvalue weighted by atomic mass is 10.1. The van der Waals surface area contributed by atoms with Crippen LogP contribution < -0.4 is 5.73 Å². The number of hydrogen-bond donors (Lipinski definition) is 1. The molecule has 0 spiro atoms. The van der Waals surface area contributed by atoms with Crippen molar-refractivity contribution in [3.05, 3.63) is 60.2 Å². The molecular formula is C16H13N5. The summed E-state index contributed by atoms with van der Waals surface area (Å²) < 4.78 is 1.75. The Hall–Kier alpha value is -2.79. The van der Waals surface area contributed by atoms with Gasteiger partial charge in [0.25, 0.3) is 0 Å². The number of para-hydroxylation sites is 2. The van der Waals surface area contributed by atoms with Gasteiger partial charge < -0.3 is 5.73 Å². The molecule has 0 bridgehead atoms. The Morgan fingerprint density at radius 1 is 0.952 bits per heavy atom. The minimum atomic E-state index is 0.404. The number of nitrogens with two attached hydrogens (primary N) is 1. The topological polar surface area (TPSA) is 69.6 Å². The van der Waals surface area contributed by atoms with Gasteiger partial charge in [0.05, 0.1) is 11.0 Å². The third-order valence-corrected chi connectivity index (χ3v) is 3.55. The molecule has 0 aliphatic rings. The van der Waals surface area contributed by atoms with Crippen LogP contribution in [-0.4, -0.2) is 20.0 Å². The lowest BCUT2D eigenvalue weighted by molar-refractivity contribution is 0.791. The maximum Gasteiger partial charge on any atom is 0.161 e. The molecule has 0 unspecified atom stereocenters. The van der Waals surface area contributed by atoms with Crippen LogP contribution in [0.4, 0.5) is 0 Å². The van der Waals surface area contributed by atoms with Crippen LogP contribution in [0.1, 0.15) is 5.56 Å². The molecule has 0 saturated heterocycles. The molecule has 0 amide bonds. The van der Waals surface area contributed by atoms with Gasteiger partial charge in [-0.2, -0.15) is 4.68 Å². The van der Waals surface area contributed by atoms with Crippen molar-refractivity contribution < 1.29 is 0 Å². The van der Waals surface area contributed by atoms with Crippen LogP contribution in [-0.2, 0) is 6.54 Å². The Balaban J connectivity index is 2.04. The second-order valence-corrected chi connectivity index (χ2v) is 4.86. The molecule has 4 aromatic rings. The smallest absolute Gasteiger partial charge is 0.161 e. The molecule has 21 heavy (non-hydrogen) atoms. The number of aromatic nitrogens is 4. The first-order chi connectivity index (χ1) is 10.4. The molecule has 102 valence electrons.